The maximum Gasteiger partial charge on any atom is 0.199 e. The van der Waals surface area contributed by atoms with Crippen LogP contribution in [0.3, 0.4) is 0 Å². The van der Waals surface area contributed by atoms with Crippen molar-refractivity contribution < 1.29 is 4.42 Å². The van der Waals surface area contributed by atoms with Crippen LogP contribution in [-0.2, 0) is 6.54 Å². The average molecular weight is 298 g/mol. The number of para-hydroxylation sites is 1. The van der Waals surface area contributed by atoms with E-state index in [0.717, 1.165) is 33.1 Å². The molecule has 2 heterocycles. The van der Waals surface area contributed by atoms with Crippen molar-refractivity contribution in [3.63, 3.8) is 0 Å². The van der Waals surface area contributed by atoms with Gasteiger partial charge in [-0.05, 0) is 35.9 Å². The topological polar surface area (TPSA) is 53.9 Å². The van der Waals surface area contributed by atoms with Crippen LogP contribution >= 0.6 is 11.6 Å². The van der Waals surface area contributed by atoms with Crippen molar-refractivity contribution in [2.24, 2.45) is 0 Å². The van der Waals surface area contributed by atoms with Gasteiger partial charge in [0.15, 0.2) is 5.22 Å². The van der Waals surface area contributed by atoms with Crippen molar-refractivity contribution in [3.8, 4) is 0 Å². The van der Waals surface area contributed by atoms with Gasteiger partial charge in [-0.3, -0.25) is 5.10 Å². The summed E-state index contributed by atoms with van der Waals surface area (Å²) in [7, 11) is 0. The largest absolute Gasteiger partial charge is 0.444 e. The van der Waals surface area contributed by atoms with Crippen LogP contribution < -0.4 is 5.32 Å². The maximum absolute atomic E-state index is 6.19. The van der Waals surface area contributed by atoms with E-state index < -0.39 is 0 Å². The van der Waals surface area contributed by atoms with Gasteiger partial charge in [-0.1, -0.05) is 18.2 Å². The first-order valence-corrected chi connectivity index (χ1v) is 7.02. The normalized spacial score (nSPS) is 11.3. The molecule has 0 aliphatic carbocycles. The Bertz CT molecular complexity index is 925. The number of aromatic amines is 1. The van der Waals surface area contributed by atoms with Gasteiger partial charge in [0.25, 0.3) is 0 Å². The maximum atomic E-state index is 6.19. The van der Waals surface area contributed by atoms with Gasteiger partial charge >= 0.3 is 0 Å². The molecule has 5 heteroatoms. The van der Waals surface area contributed by atoms with Crippen LogP contribution in [0.25, 0.3) is 21.9 Å². The van der Waals surface area contributed by atoms with Gasteiger partial charge in [-0.2, -0.15) is 5.10 Å². The highest BCUT2D eigenvalue weighted by molar-refractivity contribution is 6.30. The highest BCUT2D eigenvalue weighted by Gasteiger charge is 2.11. The molecule has 0 amide bonds. The SMILES string of the molecule is Clc1oc2ccccc2c1CNc1ccc2cn[nH]c2c1. The lowest BCUT2D eigenvalue weighted by Gasteiger charge is -2.05. The van der Waals surface area contributed by atoms with E-state index >= 15 is 0 Å². The molecule has 0 spiro atoms. The van der Waals surface area contributed by atoms with E-state index in [-0.39, 0.29) is 0 Å². The number of hydrogen-bond donors (Lipinski definition) is 2. The standard InChI is InChI=1S/C16H12ClN3O/c17-16-13(12-3-1-2-4-15(12)21-16)9-18-11-6-5-10-8-19-20-14(10)7-11/h1-8,18H,9H2,(H,19,20). The molecule has 21 heavy (non-hydrogen) atoms. The van der Waals surface area contributed by atoms with E-state index in [2.05, 4.69) is 15.5 Å². The Morgan fingerprint density at radius 3 is 3.05 bits per heavy atom. The van der Waals surface area contributed by atoms with Crippen LogP contribution in [0.2, 0.25) is 5.22 Å². The van der Waals surface area contributed by atoms with Crippen LogP contribution in [0, 0.1) is 0 Å². The molecule has 0 aliphatic rings. The smallest absolute Gasteiger partial charge is 0.199 e. The van der Waals surface area contributed by atoms with Crippen molar-refractivity contribution in [2.45, 2.75) is 6.54 Å². The van der Waals surface area contributed by atoms with Crippen LogP contribution in [0.4, 0.5) is 5.69 Å². The van der Waals surface area contributed by atoms with E-state index in [9.17, 15) is 0 Å². The quantitative estimate of drug-likeness (QED) is 0.582. The third-order valence-electron chi connectivity index (χ3n) is 3.56. The Hall–Kier alpha value is -2.46. The summed E-state index contributed by atoms with van der Waals surface area (Å²) in [6.07, 6.45) is 1.81. The van der Waals surface area contributed by atoms with Gasteiger partial charge in [0.1, 0.15) is 5.58 Å². The molecular weight excluding hydrogens is 286 g/mol. The van der Waals surface area contributed by atoms with Crippen molar-refractivity contribution >= 4 is 39.2 Å². The molecule has 0 saturated carbocycles. The van der Waals surface area contributed by atoms with Crippen LogP contribution in [0.1, 0.15) is 5.56 Å². The molecule has 0 bridgehead atoms. The van der Waals surface area contributed by atoms with E-state index in [0.29, 0.717) is 11.8 Å². The summed E-state index contributed by atoms with van der Waals surface area (Å²) < 4.78 is 5.55. The first-order valence-electron chi connectivity index (χ1n) is 6.64. The molecule has 0 aliphatic heterocycles. The van der Waals surface area contributed by atoms with Crippen LogP contribution in [-0.4, -0.2) is 10.2 Å². The Balaban J connectivity index is 1.64. The van der Waals surface area contributed by atoms with Crippen LogP contribution in [0.5, 0.6) is 0 Å². The molecular formula is C16H12ClN3O. The molecule has 104 valence electrons. The summed E-state index contributed by atoms with van der Waals surface area (Å²) in [6, 6.07) is 13.9. The lowest BCUT2D eigenvalue weighted by Crippen LogP contribution is -1.99. The number of anilines is 1. The fourth-order valence-electron chi connectivity index (χ4n) is 2.47. The molecule has 2 aromatic carbocycles. The molecule has 0 saturated heterocycles. The molecule has 0 fully saturated rings. The average Bonchev–Trinajstić information content (AvgIpc) is 3.08. The summed E-state index contributed by atoms with van der Waals surface area (Å²) in [5.41, 5.74) is 3.79. The predicted octanol–water partition coefficient (Wildman–Crippen LogP) is 4.57. The number of furan rings is 1. The third-order valence-corrected chi connectivity index (χ3v) is 3.87. The number of fused-ring (bicyclic) bond motifs is 2. The summed E-state index contributed by atoms with van der Waals surface area (Å²) in [4.78, 5) is 0. The second-order valence-electron chi connectivity index (χ2n) is 4.88. The van der Waals surface area contributed by atoms with Crippen molar-refractivity contribution in [1.82, 2.24) is 10.2 Å². The lowest BCUT2D eigenvalue weighted by atomic mass is 10.1. The second-order valence-corrected chi connectivity index (χ2v) is 5.22. The van der Waals surface area contributed by atoms with E-state index in [1.54, 1.807) is 6.20 Å². The highest BCUT2D eigenvalue weighted by Crippen LogP contribution is 2.30. The molecule has 4 aromatic rings. The van der Waals surface area contributed by atoms with E-state index in [1.807, 2.05) is 42.5 Å². The summed E-state index contributed by atoms with van der Waals surface area (Å²) in [5.74, 6) is 0. The summed E-state index contributed by atoms with van der Waals surface area (Å²) >= 11 is 6.19. The van der Waals surface area contributed by atoms with E-state index in [1.165, 1.54) is 0 Å². The second kappa shape index (κ2) is 4.82. The minimum atomic E-state index is 0.436. The molecule has 4 nitrogen and oxygen atoms in total. The lowest BCUT2D eigenvalue weighted by molar-refractivity contribution is 0.613. The number of aromatic nitrogens is 2. The number of benzene rings is 2. The first kappa shape index (κ1) is 12.3. The Morgan fingerprint density at radius 2 is 2.10 bits per heavy atom. The summed E-state index contributed by atoms with van der Waals surface area (Å²) in [6.45, 7) is 0.607. The molecule has 4 rings (SSSR count). The molecule has 0 unspecified atom stereocenters. The Morgan fingerprint density at radius 1 is 1.19 bits per heavy atom. The van der Waals surface area contributed by atoms with E-state index in [4.69, 9.17) is 16.0 Å². The van der Waals surface area contributed by atoms with Gasteiger partial charge in [-0.15, -0.1) is 0 Å². The van der Waals surface area contributed by atoms with Crippen molar-refractivity contribution in [1.29, 1.82) is 0 Å². The van der Waals surface area contributed by atoms with Gasteiger partial charge in [0.2, 0.25) is 0 Å². The highest BCUT2D eigenvalue weighted by atomic mass is 35.5. The minimum Gasteiger partial charge on any atom is -0.444 e. The predicted molar refractivity (Wildman–Crippen MR) is 84.6 cm³/mol. The first-order chi connectivity index (χ1) is 10.3. The number of halogens is 1. The zero-order valence-corrected chi connectivity index (χ0v) is 11.8. The van der Waals surface area contributed by atoms with Gasteiger partial charge < -0.3 is 9.73 Å². The molecule has 0 radical (unpaired) electrons. The van der Waals surface area contributed by atoms with Crippen LogP contribution in [0.15, 0.2) is 53.1 Å². The Kier molecular flexibility index (Phi) is 2.82. The molecule has 0 atom stereocenters. The van der Waals surface area contributed by atoms with Crippen molar-refractivity contribution in [2.75, 3.05) is 5.32 Å². The number of hydrogen-bond acceptors (Lipinski definition) is 3. The number of rotatable bonds is 3. The molecule has 2 N–H and O–H groups in total. The third kappa shape index (κ3) is 2.14. The Labute approximate surface area is 125 Å². The minimum absolute atomic E-state index is 0.436. The zero-order valence-electron chi connectivity index (χ0n) is 11.1. The van der Waals surface area contributed by atoms with Gasteiger partial charge in [0.05, 0.1) is 11.7 Å². The number of nitrogens with zero attached hydrogens (tertiary/aromatic N) is 1. The summed E-state index contributed by atoms with van der Waals surface area (Å²) in [5, 5.41) is 12.9. The van der Waals surface area contributed by atoms with Gasteiger partial charge in [-0.25, -0.2) is 0 Å². The zero-order chi connectivity index (χ0) is 14.2. The number of nitrogens with one attached hydrogen (secondary N) is 2. The monoisotopic (exact) mass is 297 g/mol. The molecule has 2 aromatic heterocycles. The van der Waals surface area contributed by atoms with Crippen molar-refractivity contribution in [3.05, 3.63) is 59.4 Å². The number of H-pyrrole nitrogens is 1. The fourth-order valence-corrected chi connectivity index (χ4v) is 2.72. The fraction of sp³-hybridized carbons (Fsp3) is 0.0625. The van der Waals surface area contributed by atoms with Gasteiger partial charge in [0, 0.05) is 28.6 Å².